The van der Waals surface area contributed by atoms with E-state index in [1.165, 1.54) is 23.8 Å². The summed E-state index contributed by atoms with van der Waals surface area (Å²) in [6, 6.07) is 15.5. The van der Waals surface area contributed by atoms with Crippen molar-refractivity contribution in [2.75, 3.05) is 0 Å². The van der Waals surface area contributed by atoms with Crippen molar-refractivity contribution in [2.45, 2.75) is 20.8 Å². The molecule has 0 atom stereocenters. The predicted molar refractivity (Wildman–Crippen MR) is 64.5 cm³/mol. The average molecular weight is 323 g/mol. The molecule has 1 heteroatoms. The fraction of sp³-hybridized carbons (Fsp3) is 0.200. The van der Waals surface area contributed by atoms with Crippen molar-refractivity contribution in [2.24, 2.45) is 0 Å². The van der Waals surface area contributed by atoms with Crippen LogP contribution in [-0.2, 0) is 0 Å². The summed E-state index contributed by atoms with van der Waals surface area (Å²) in [5.74, 6) is 0. The molecule has 16 heavy (non-hydrogen) atoms. The van der Waals surface area contributed by atoms with Gasteiger partial charge in [-0.3, -0.25) is 0 Å². The second-order valence-corrected chi connectivity index (χ2v) is 7.09. The molecule has 0 aliphatic rings. The van der Waals surface area contributed by atoms with Crippen LogP contribution in [0.25, 0.3) is 0 Å². The molecule has 0 spiro atoms. The van der Waals surface area contributed by atoms with Crippen LogP contribution in [0.15, 0.2) is 42.5 Å². The van der Waals surface area contributed by atoms with Gasteiger partial charge in [-0.05, 0) is 0 Å². The molecule has 0 aliphatic heterocycles. The third-order valence-electron chi connectivity index (χ3n) is 2.84. The van der Waals surface area contributed by atoms with Gasteiger partial charge >= 0.3 is 108 Å². The quantitative estimate of drug-likeness (QED) is 0.715. The number of hydrogen-bond acceptors (Lipinski definition) is 0. The molecular formula is C15H16I-. The van der Waals surface area contributed by atoms with E-state index in [0.717, 1.165) is 0 Å². The van der Waals surface area contributed by atoms with Crippen molar-refractivity contribution >= 4 is 0 Å². The summed E-state index contributed by atoms with van der Waals surface area (Å²) in [5.41, 5.74) is 4.28. The molecule has 0 N–H and O–H groups in total. The van der Waals surface area contributed by atoms with Crippen molar-refractivity contribution in [3.8, 4) is 0 Å². The van der Waals surface area contributed by atoms with Gasteiger partial charge < -0.3 is 0 Å². The SMILES string of the molecule is Cc1cc([I-]c2ccccc2)cc(C)c1C. The second-order valence-electron chi connectivity index (χ2n) is 4.05. The van der Waals surface area contributed by atoms with E-state index < -0.39 is 0 Å². The standard InChI is InChI=1S/C15H16I/c1-11-9-15(10-12(2)13(11)3)16-14-7-5-4-6-8-14/h4-10H,1-3H3/q-1. The number of hydrogen-bond donors (Lipinski definition) is 0. The molecule has 0 amide bonds. The molecule has 0 aromatic heterocycles. The first kappa shape index (κ1) is 11.6. The number of halogens is 1. The molecule has 0 heterocycles. The number of benzene rings is 2. The van der Waals surface area contributed by atoms with Gasteiger partial charge in [0.25, 0.3) is 0 Å². The van der Waals surface area contributed by atoms with E-state index in [9.17, 15) is 0 Å². The fourth-order valence-corrected chi connectivity index (χ4v) is 4.38. The van der Waals surface area contributed by atoms with Gasteiger partial charge in [-0.25, -0.2) is 0 Å². The topological polar surface area (TPSA) is 0 Å². The Hall–Kier alpha value is -0.830. The maximum atomic E-state index is 2.35. The maximum absolute atomic E-state index is 2.35. The second kappa shape index (κ2) is 5.00. The Morgan fingerprint density at radius 1 is 0.750 bits per heavy atom. The molecule has 2 aromatic rings. The normalized spacial score (nSPS) is 10.7. The first-order chi connectivity index (χ1) is 7.66. The van der Waals surface area contributed by atoms with Crippen molar-refractivity contribution in [1.82, 2.24) is 0 Å². The zero-order valence-electron chi connectivity index (χ0n) is 9.92. The first-order valence-electron chi connectivity index (χ1n) is 5.44. The molecule has 0 nitrogen and oxygen atoms in total. The average Bonchev–Trinajstić information content (AvgIpc) is 2.27. The Bertz CT molecular complexity index is 463. The summed E-state index contributed by atoms with van der Waals surface area (Å²) >= 11 is -0.0176. The van der Waals surface area contributed by atoms with Gasteiger partial charge in [-0.15, -0.1) is 0 Å². The van der Waals surface area contributed by atoms with Crippen LogP contribution in [-0.4, -0.2) is 0 Å². The van der Waals surface area contributed by atoms with E-state index in [2.05, 4.69) is 63.2 Å². The minimum atomic E-state index is -0.0176. The van der Waals surface area contributed by atoms with Crippen molar-refractivity contribution in [3.05, 3.63) is 66.3 Å². The molecule has 2 rings (SSSR count). The Balaban J connectivity index is 2.29. The van der Waals surface area contributed by atoms with E-state index >= 15 is 0 Å². The third-order valence-corrected chi connectivity index (χ3v) is 5.43. The van der Waals surface area contributed by atoms with Crippen LogP contribution in [0.3, 0.4) is 0 Å². The van der Waals surface area contributed by atoms with Crippen LogP contribution >= 0.6 is 0 Å². The summed E-state index contributed by atoms with van der Waals surface area (Å²) in [6.07, 6.45) is 0. The van der Waals surface area contributed by atoms with Gasteiger partial charge in [0.15, 0.2) is 0 Å². The fourth-order valence-electron chi connectivity index (χ4n) is 1.64. The van der Waals surface area contributed by atoms with Crippen LogP contribution in [0.1, 0.15) is 16.7 Å². The van der Waals surface area contributed by atoms with Crippen LogP contribution in [0.5, 0.6) is 0 Å². The number of rotatable bonds is 2. The monoisotopic (exact) mass is 323 g/mol. The molecule has 0 saturated heterocycles. The number of aryl methyl sites for hydroxylation is 2. The van der Waals surface area contributed by atoms with Crippen molar-refractivity contribution in [1.29, 1.82) is 0 Å². The molecule has 0 fully saturated rings. The molecule has 0 radical (unpaired) electrons. The molecule has 0 aliphatic carbocycles. The van der Waals surface area contributed by atoms with E-state index in [0.29, 0.717) is 0 Å². The molecule has 0 saturated carbocycles. The minimum absolute atomic E-state index is 0.0176. The molecular weight excluding hydrogens is 307 g/mol. The van der Waals surface area contributed by atoms with E-state index in [1.54, 1.807) is 0 Å². The Morgan fingerprint density at radius 2 is 1.31 bits per heavy atom. The molecule has 2 aromatic carbocycles. The zero-order chi connectivity index (χ0) is 11.5. The van der Waals surface area contributed by atoms with Crippen LogP contribution < -0.4 is 21.2 Å². The Kier molecular flexibility index (Phi) is 3.64. The van der Waals surface area contributed by atoms with E-state index in [1.807, 2.05) is 0 Å². The van der Waals surface area contributed by atoms with Gasteiger partial charge in [-0.1, -0.05) is 0 Å². The van der Waals surface area contributed by atoms with Crippen molar-refractivity contribution < 1.29 is 21.2 Å². The van der Waals surface area contributed by atoms with E-state index in [4.69, 9.17) is 0 Å². The van der Waals surface area contributed by atoms with Gasteiger partial charge in [0.1, 0.15) is 0 Å². The zero-order valence-corrected chi connectivity index (χ0v) is 12.1. The van der Waals surface area contributed by atoms with Gasteiger partial charge in [-0.2, -0.15) is 0 Å². The Morgan fingerprint density at radius 3 is 1.88 bits per heavy atom. The molecule has 84 valence electrons. The molecule has 0 bridgehead atoms. The molecule has 0 unspecified atom stereocenters. The summed E-state index contributed by atoms with van der Waals surface area (Å²) in [5, 5.41) is 0. The summed E-state index contributed by atoms with van der Waals surface area (Å²) in [4.78, 5) is 0. The van der Waals surface area contributed by atoms with Gasteiger partial charge in [0.05, 0.1) is 0 Å². The predicted octanol–water partition coefficient (Wildman–Crippen LogP) is 0.740. The van der Waals surface area contributed by atoms with Crippen LogP contribution in [0.4, 0.5) is 0 Å². The van der Waals surface area contributed by atoms with Crippen LogP contribution in [0, 0.1) is 27.9 Å². The summed E-state index contributed by atoms with van der Waals surface area (Å²) < 4.78 is 3.01. The van der Waals surface area contributed by atoms with Gasteiger partial charge in [0.2, 0.25) is 0 Å². The van der Waals surface area contributed by atoms with Crippen LogP contribution in [0.2, 0.25) is 0 Å². The van der Waals surface area contributed by atoms with Crippen molar-refractivity contribution in [3.63, 3.8) is 0 Å². The summed E-state index contributed by atoms with van der Waals surface area (Å²) in [7, 11) is 0. The van der Waals surface area contributed by atoms with Gasteiger partial charge in [0, 0.05) is 0 Å². The summed E-state index contributed by atoms with van der Waals surface area (Å²) in [6.45, 7) is 6.62. The Labute approximate surface area is 108 Å². The third kappa shape index (κ3) is 2.64. The first-order valence-corrected chi connectivity index (χ1v) is 7.60. The van der Waals surface area contributed by atoms with E-state index in [-0.39, 0.29) is 21.2 Å².